The average molecular weight is 277 g/mol. The quantitative estimate of drug-likeness (QED) is 0.895. The highest BCUT2D eigenvalue weighted by molar-refractivity contribution is 5.48. The van der Waals surface area contributed by atoms with E-state index in [4.69, 9.17) is 0 Å². The minimum atomic E-state index is -0.887. The van der Waals surface area contributed by atoms with Gasteiger partial charge in [0.05, 0.1) is 12.1 Å². The number of nitrogens with one attached hydrogen (secondary N) is 1. The number of benzene rings is 2. The summed E-state index contributed by atoms with van der Waals surface area (Å²) in [6, 6.07) is 10.7. The zero-order chi connectivity index (χ0) is 14.8. The molecule has 0 bridgehead atoms. The molecule has 0 aliphatic rings. The van der Waals surface area contributed by atoms with Crippen LogP contribution in [0, 0.1) is 18.6 Å². The average Bonchev–Trinajstić information content (AvgIpc) is 2.41. The van der Waals surface area contributed by atoms with Gasteiger partial charge in [-0.05, 0) is 49.2 Å². The fourth-order valence-electron chi connectivity index (χ4n) is 2.02. The molecule has 0 aliphatic heterocycles. The van der Waals surface area contributed by atoms with E-state index in [0.717, 1.165) is 0 Å². The Balaban J connectivity index is 2.35. The molecule has 4 heteroatoms. The van der Waals surface area contributed by atoms with Gasteiger partial charge in [0.1, 0.15) is 11.6 Å². The summed E-state index contributed by atoms with van der Waals surface area (Å²) in [7, 11) is 0. The highest BCUT2D eigenvalue weighted by atomic mass is 19.1. The largest absolute Gasteiger partial charge is 0.394 e. The smallest absolute Gasteiger partial charge is 0.126 e. The molecule has 1 unspecified atom stereocenters. The third kappa shape index (κ3) is 2.96. The molecule has 0 radical (unpaired) electrons. The Kier molecular flexibility index (Phi) is 4.04. The molecule has 0 saturated carbocycles. The molecule has 0 aromatic heterocycles. The van der Waals surface area contributed by atoms with Crippen LogP contribution in [0.2, 0.25) is 0 Å². The molecule has 1 atom stereocenters. The first kappa shape index (κ1) is 14.5. The summed E-state index contributed by atoms with van der Waals surface area (Å²) >= 11 is 0. The van der Waals surface area contributed by atoms with Crippen molar-refractivity contribution in [1.82, 2.24) is 0 Å². The van der Waals surface area contributed by atoms with Gasteiger partial charge < -0.3 is 10.4 Å². The first-order valence-corrected chi connectivity index (χ1v) is 6.36. The molecule has 0 amide bonds. The van der Waals surface area contributed by atoms with E-state index in [0.29, 0.717) is 16.8 Å². The number of rotatable bonds is 4. The maximum atomic E-state index is 13.7. The predicted molar refractivity (Wildman–Crippen MR) is 75.6 cm³/mol. The van der Waals surface area contributed by atoms with E-state index in [9.17, 15) is 13.9 Å². The molecule has 0 heterocycles. The van der Waals surface area contributed by atoms with Gasteiger partial charge in [-0.1, -0.05) is 18.2 Å². The van der Waals surface area contributed by atoms with Gasteiger partial charge in [-0.2, -0.15) is 0 Å². The van der Waals surface area contributed by atoms with Crippen molar-refractivity contribution in [1.29, 1.82) is 0 Å². The van der Waals surface area contributed by atoms with Crippen LogP contribution in [-0.2, 0) is 5.54 Å². The van der Waals surface area contributed by atoms with Crippen molar-refractivity contribution in [3.8, 4) is 0 Å². The van der Waals surface area contributed by atoms with Crippen LogP contribution in [0.1, 0.15) is 18.1 Å². The van der Waals surface area contributed by atoms with Crippen molar-refractivity contribution in [3.63, 3.8) is 0 Å². The molecule has 0 saturated heterocycles. The molecule has 2 aromatic rings. The first-order valence-electron chi connectivity index (χ1n) is 6.36. The summed E-state index contributed by atoms with van der Waals surface area (Å²) in [5.74, 6) is -0.700. The summed E-state index contributed by atoms with van der Waals surface area (Å²) in [5, 5.41) is 12.7. The van der Waals surface area contributed by atoms with Crippen LogP contribution in [0.4, 0.5) is 14.5 Å². The molecule has 0 aliphatic carbocycles. The Morgan fingerprint density at radius 2 is 1.90 bits per heavy atom. The molecule has 0 spiro atoms. The minimum Gasteiger partial charge on any atom is -0.394 e. The van der Waals surface area contributed by atoms with Gasteiger partial charge in [0.15, 0.2) is 0 Å². The molecular weight excluding hydrogens is 260 g/mol. The highest BCUT2D eigenvalue weighted by Gasteiger charge is 2.26. The molecule has 2 N–H and O–H groups in total. The van der Waals surface area contributed by atoms with Gasteiger partial charge >= 0.3 is 0 Å². The second-order valence-electron chi connectivity index (χ2n) is 5.09. The van der Waals surface area contributed by atoms with E-state index < -0.39 is 5.54 Å². The standard InChI is InChI=1S/C16H17F2NO/c1-11-6-7-12(8-15(11)18)16(2,10-20)19-14-5-3-4-13(17)9-14/h3-9,19-20H,10H2,1-2H3. The highest BCUT2D eigenvalue weighted by Crippen LogP contribution is 2.27. The summed E-state index contributed by atoms with van der Waals surface area (Å²) < 4.78 is 26.9. The zero-order valence-electron chi connectivity index (χ0n) is 11.5. The summed E-state index contributed by atoms with van der Waals surface area (Å²) in [6.45, 7) is 3.17. The van der Waals surface area contributed by atoms with E-state index in [1.807, 2.05) is 0 Å². The lowest BCUT2D eigenvalue weighted by molar-refractivity contribution is 0.223. The van der Waals surface area contributed by atoms with Crippen LogP contribution < -0.4 is 5.32 Å². The lowest BCUT2D eigenvalue weighted by Gasteiger charge is -2.30. The van der Waals surface area contributed by atoms with E-state index >= 15 is 0 Å². The molecule has 0 fully saturated rings. The van der Waals surface area contributed by atoms with Crippen molar-refractivity contribution in [2.45, 2.75) is 19.4 Å². The predicted octanol–water partition coefficient (Wildman–Crippen LogP) is 3.59. The number of hydrogen-bond acceptors (Lipinski definition) is 2. The number of hydrogen-bond donors (Lipinski definition) is 2. The lowest BCUT2D eigenvalue weighted by atomic mass is 9.91. The molecule has 20 heavy (non-hydrogen) atoms. The van der Waals surface area contributed by atoms with Crippen molar-refractivity contribution < 1.29 is 13.9 Å². The summed E-state index contributed by atoms with van der Waals surface area (Å²) in [6.07, 6.45) is 0. The Morgan fingerprint density at radius 3 is 2.50 bits per heavy atom. The third-order valence-corrected chi connectivity index (χ3v) is 3.37. The number of aryl methyl sites for hydroxylation is 1. The van der Waals surface area contributed by atoms with Crippen LogP contribution in [0.5, 0.6) is 0 Å². The molecule has 106 valence electrons. The van der Waals surface area contributed by atoms with Gasteiger partial charge in [-0.15, -0.1) is 0 Å². The van der Waals surface area contributed by atoms with Gasteiger partial charge in [0.2, 0.25) is 0 Å². The number of anilines is 1. The Bertz CT molecular complexity index is 615. The second kappa shape index (κ2) is 5.59. The third-order valence-electron chi connectivity index (χ3n) is 3.37. The van der Waals surface area contributed by atoms with Crippen molar-refractivity contribution in [2.75, 3.05) is 11.9 Å². The number of halogens is 2. The van der Waals surface area contributed by atoms with Crippen LogP contribution in [0.15, 0.2) is 42.5 Å². The topological polar surface area (TPSA) is 32.3 Å². The van der Waals surface area contributed by atoms with Gasteiger partial charge in [0.25, 0.3) is 0 Å². The van der Waals surface area contributed by atoms with E-state index in [-0.39, 0.29) is 18.2 Å². The summed E-state index contributed by atoms with van der Waals surface area (Å²) in [5.41, 5.74) is 0.789. The van der Waals surface area contributed by atoms with Crippen LogP contribution >= 0.6 is 0 Å². The minimum absolute atomic E-state index is 0.244. The lowest BCUT2D eigenvalue weighted by Crippen LogP contribution is -2.36. The van der Waals surface area contributed by atoms with Gasteiger partial charge in [0, 0.05) is 5.69 Å². The Labute approximate surface area is 117 Å². The Hall–Kier alpha value is -1.94. The van der Waals surface area contributed by atoms with Gasteiger partial charge in [-0.3, -0.25) is 0 Å². The SMILES string of the molecule is Cc1ccc(C(C)(CO)Nc2cccc(F)c2)cc1F. The summed E-state index contributed by atoms with van der Waals surface area (Å²) in [4.78, 5) is 0. The van der Waals surface area contributed by atoms with Crippen LogP contribution in [0.25, 0.3) is 0 Å². The monoisotopic (exact) mass is 277 g/mol. The molecule has 2 rings (SSSR count). The number of aliphatic hydroxyl groups excluding tert-OH is 1. The maximum absolute atomic E-state index is 13.7. The van der Waals surface area contributed by atoms with Crippen LogP contribution in [-0.4, -0.2) is 11.7 Å². The zero-order valence-corrected chi connectivity index (χ0v) is 11.5. The van der Waals surface area contributed by atoms with E-state index in [1.54, 1.807) is 38.1 Å². The number of aliphatic hydroxyl groups is 1. The van der Waals surface area contributed by atoms with E-state index in [2.05, 4.69) is 5.32 Å². The van der Waals surface area contributed by atoms with Crippen molar-refractivity contribution in [2.24, 2.45) is 0 Å². The Morgan fingerprint density at radius 1 is 1.15 bits per heavy atom. The normalized spacial score (nSPS) is 13.8. The van der Waals surface area contributed by atoms with Crippen molar-refractivity contribution >= 4 is 5.69 Å². The second-order valence-corrected chi connectivity index (χ2v) is 5.09. The van der Waals surface area contributed by atoms with Gasteiger partial charge in [-0.25, -0.2) is 8.78 Å². The fourth-order valence-corrected chi connectivity index (χ4v) is 2.02. The van der Waals surface area contributed by atoms with Crippen molar-refractivity contribution in [3.05, 3.63) is 65.2 Å². The van der Waals surface area contributed by atoms with Crippen LogP contribution in [0.3, 0.4) is 0 Å². The molecule has 2 nitrogen and oxygen atoms in total. The fraction of sp³-hybridized carbons (Fsp3) is 0.250. The first-order chi connectivity index (χ1) is 9.44. The molecule has 2 aromatic carbocycles. The maximum Gasteiger partial charge on any atom is 0.126 e. The molecular formula is C16H17F2NO. The van der Waals surface area contributed by atoms with E-state index in [1.165, 1.54) is 18.2 Å².